The van der Waals surface area contributed by atoms with E-state index in [1.807, 2.05) is 24.3 Å². The summed E-state index contributed by atoms with van der Waals surface area (Å²) in [6, 6.07) is 16.1. The van der Waals surface area contributed by atoms with Crippen LogP contribution in [0.25, 0.3) is 0 Å². The molecule has 23 heavy (non-hydrogen) atoms. The van der Waals surface area contributed by atoms with Crippen molar-refractivity contribution in [2.45, 2.75) is 30.7 Å². The quantitative estimate of drug-likeness (QED) is 0.913. The van der Waals surface area contributed by atoms with Gasteiger partial charge in [-0.05, 0) is 55.8 Å². The Morgan fingerprint density at radius 1 is 0.870 bits per heavy atom. The van der Waals surface area contributed by atoms with Gasteiger partial charge in [-0.15, -0.1) is 0 Å². The molecule has 122 valence electrons. The van der Waals surface area contributed by atoms with E-state index in [1.54, 1.807) is 30.3 Å². The highest BCUT2D eigenvalue weighted by molar-refractivity contribution is 7.92. The molecule has 4 nitrogen and oxygen atoms in total. The molecule has 1 saturated heterocycles. The molecule has 1 fully saturated rings. The minimum Gasteiger partial charge on any atom is -0.299 e. The Labute approximate surface area is 138 Å². The van der Waals surface area contributed by atoms with Gasteiger partial charge in [0.25, 0.3) is 10.0 Å². The number of sulfonamides is 1. The van der Waals surface area contributed by atoms with Crippen LogP contribution in [0.15, 0.2) is 59.5 Å². The van der Waals surface area contributed by atoms with E-state index in [-0.39, 0.29) is 4.90 Å². The van der Waals surface area contributed by atoms with Gasteiger partial charge in [-0.1, -0.05) is 36.8 Å². The predicted molar refractivity (Wildman–Crippen MR) is 92.8 cm³/mol. The van der Waals surface area contributed by atoms with Gasteiger partial charge in [0.2, 0.25) is 0 Å². The van der Waals surface area contributed by atoms with Crippen molar-refractivity contribution in [3.8, 4) is 0 Å². The molecule has 0 atom stereocenters. The van der Waals surface area contributed by atoms with Gasteiger partial charge in [0.15, 0.2) is 0 Å². The second kappa shape index (κ2) is 7.15. The number of hydrogen-bond donors (Lipinski definition) is 1. The van der Waals surface area contributed by atoms with E-state index in [1.165, 1.54) is 24.8 Å². The number of likely N-dealkylation sites (tertiary alicyclic amines) is 1. The number of rotatable bonds is 5. The summed E-state index contributed by atoms with van der Waals surface area (Å²) in [5.74, 6) is 0. The lowest BCUT2D eigenvalue weighted by atomic mass is 10.1. The van der Waals surface area contributed by atoms with Gasteiger partial charge in [0.1, 0.15) is 0 Å². The first-order valence-electron chi connectivity index (χ1n) is 8.03. The molecule has 5 heteroatoms. The van der Waals surface area contributed by atoms with Crippen LogP contribution in [0.5, 0.6) is 0 Å². The van der Waals surface area contributed by atoms with Gasteiger partial charge in [-0.2, -0.15) is 0 Å². The van der Waals surface area contributed by atoms with Crippen LogP contribution in [0.4, 0.5) is 5.69 Å². The summed E-state index contributed by atoms with van der Waals surface area (Å²) >= 11 is 0. The molecule has 2 aromatic carbocycles. The summed E-state index contributed by atoms with van der Waals surface area (Å²) < 4.78 is 27.2. The summed E-state index contributed by atoms with van der Waals surface area (Å²) in [7, 11) is -3.51. The first-order chi connectivity index (χ1) is 11.1. The molecule has 0 aromatic heterocycles. The Hall–Kier alpha value is -1.85. The van der Waals surface area contributed by atoms with Crippen LogP contribution in [0.2, 0.25) is 0 Å². The second-order valence-corrected chi connectivity index (χ2v) is 7.63. The van der Waals surface area contributed by atoms with Crippen molar-refractivity contribution in [2.75, 3.05) is 17.8 Å². The molecule has 0 aliphatic carbocycles. The van der Waals surface area contributed by atoms with Gasteiger partial charge < -0.3 is 0 Å². The van der Waals surface area contributed by atoms with E-state index in [2.05, 4.69) is 9.62 Å². The van der Waals surface area contributed by atoms with Gasteiger partial charge in [-0.3, -0.25) is 9.62 Å². The molecule has 0 bridgehead atoms. The van der Waals surface area contributed by atoms with Crippen LogP contribution in [0.1, 0.15) is 24.8 Å². The highest BCUT2D eigenvalue weighted by atomic mass is 32.2. The third-order valence-corrected chi connectivity index (χ3v) is 5.51. The summed E-state index contributed by atoms with van der Waals surface area (Å²) in [4.78, 5) is 2.73. The number of hydrogen-bond acceptors (Lipinski definition) is 3. The first kappa shape index (κ1) is 16.0. The fraction of sp³-hybridized carbons (Fsp3) is 0.333. The van der Waals surface area contributed by atoms with Crippen LogP contribution in [-0.2, 0) is 16.6 Å². The molecule has 0 radical (unpaired) electrons. The summed E-state index contributed by atoms with van der Waals surface area (Å²) in [5.41, 5.74) is 1.81. The predicted octanol–water partition coefficient (Wildman–Crippen LogP) is 3.47. The molecule has 3 rings (SSSR count). The standard InChI is InChI=1S/C18H22N2O2S/c21-23(22,18-7-3-1-4-8-18)19-17-11-9-16(10-12-17)15-20-13-5-2-6-14-20/h1,3-4,7-12,19H,2,5-6,13-15H2. The summed E-state index contributed by atoms with van der Waals surface area (Å²) in [6.07, 6.45) is 3.88. The van der Waals surface area contributed by atoms with Crippen molar-refractivity contribution in [3.05, 3.63) is 60.2 Å². The largest absolute Gasteiger partial charge is 0.299 e. The topological polar surface area (TPSA) is 49.4 Å². The van der Waals surface area contributed by atoms with E-state index in [0.717, 1.165) is 19.6 Å². The van der Waals surface area contributed by atoms with E-state index in [0.29, 0.717) is 5.69 Å². The highest BCUT2D eigenvalue weighted by Crippen LogP contribution is 2.18. The molecule has 0 amide bonds. The van der Waals surface area contributed by atoms with Gasteiger partial charge >= 0.3 is 0 Å². The lowest BCUT2D eigenvalue weighted by molar-refractivity contribution is 0.221. The normalized spacial score (nSPS) is 16.2. The van der Waals surface area contributed by atoms with Crippen LogP contribution in [0, 0.1) is 0 Å². The van der Waals surface area contributed by atoms with E-state index >= 15 is 0 Å². The van der Waals surface area contributed by atoms with Crippen LogP contribution < -0.4 is 4.72 Å². The summed E-state index contributed by atoms with van der Waals surface area (Å²) in [5, 5.41) is 0. The Morgan fingerprint density at radius 3 is 2.17 bits per heavy atom. The number of nitrogens with zero attached hydrogens (tertiary/aromatic N) is 1. The molecule has 1 aliphatic heterocycles. The lowest BCUT2D eigenvalue weighted by Crippen LogP contribution is -2.29. The summed E-state index contributed by atoms with van der Waals surface area (Å²) in [6.45, 7) is 3.25. The van der Waals surface area contributed by atoms with Gasteiger partial charge in [-0.25, -0.2) is 8.42 Å². The van der Waals surface area contributed by atoms with Crippen molar-refractivity contribution in [3.63, 3.8) is 0 Å². The molecule has 0 unspecified atom stereocenters. The molecule has 2 aromatic rings. The van der Waals surface area contributed by atoms with Crippen LogP contribution in [0.3, 0.4) is 0 Å². The third kappa shape index (κ3) is 4.33. The number of benzene rings is 2. The van der Waals surface area contributed by atoms with Crippen LogP contribution in [-0.4, -0.2) is 26.4 Å². The Kier molecular flexibility index (Phi) is 4.98. The fourth-order valence-electron chi connectivity index (χ4n) is 2.87. The van der Waals surface area contributed by atoms with Gasteiger partial charge in [0.05, 0.1) is 4.90 Å². The molecular weight excluding hydrogens is 308 g/mol. The Morgan fingerprint density at radius 2 is 1.52 bits per heavy atom. The van der Waals surface area contributed by atoms with Crippen molar-refractivity contribution >= 4 is 15.7 Å². The van der Waals surface area contributed by atoms with E-state index < -0.39 is 10.0 Å². The SMILES string of the molecule is O=S(=O)(Nc1ccc(CN2CCCCC2)cc1)c1ccccc1. The maximum atomic E-state index is 12.3. The zero-order chi connectivity index (χ0) is 16.1. The average molecular weight is 330 g/mol. The first-order valence-corrected chi connectivity index (χ1v) is 9.51. The molecular formula is C18H22N2O2S. The van der Waals surface area contributed by atoms with Crippen LogP contribution >= 0.6 is 0 Å². The van der Waals surface area contributed by atoms with Crippen molar-refractivity contribution in [2.24, 2.45) is 0 Å². The van der Waals surface area contributed by atoms with E-state index in [9.17, 15) is 8.42 Å². The zero-order valence-electron chi connectivity index (χ0n) is 13.1. The number of anilines is 1. The van der Waals surface area contributed by atoms with E-state index in [4.69, 9.17) is 0 Å². The average Bonchev–Trinajstić information content (AvgIpc) is 2.58. The third-order valence-electron chi connectivity index (χ3n) is 4.11. The maximum absolute atomic E-state index is 12.3. The molecule has 1 N–H and O–H groups in total. The molecule has 1 heterocycles. The fourth-order valence-corrected chi connectivity index (χ4v) is 3.95. The van der Waals surface area contributed by atoms with Gasteiger partial charge in [0, 0.05) is 12.2 Å². The molecule has 1 aliphatic rings. The zero-order valence-corrected chi connectivity index (χ0v) is 13.9. The number of nitrogens with one attached hydrogen (secondary N) is 1. The van der Waals surface area contributed by atoms with Crippen molar-refractivity contribution in [1.29, 1.82) is 0 Å². The smallest absolute Gasteiger partial charge is 0.261 e. The minimum atomic E-state index is -3.51. The molecule has 0 saturated carbocycles. The Bertz CT molecular complexity index is 721. The van der Waals surface area contributed by atoms with Crippen molar-refractivity contribution in [1.82, 2.24) is 4.90 Å². The second-order valence-electron chi connectivity index (χ2n) is 5.95. The molecule has 0 spiro atoms. The van der Waals surface area contributed by atoms with Crippen molar-refractivity contribution < 1.29 is 8.42 Å². The minimum absolute atomic E-state index is 0.275. The number of piperidine rings is 1. The Balaban J connectivity index is 1.65. The highest BCUT2D eigenvalue weighted by Gasteiger charge is 2.14. The monoisotopic (exact) mass is 330 g/mol. The lowest BCUT2D eigenvalue weighted by Gasteiger charge is -2.26. The maximum Gasteiger partial charge on any atom is 0.261 e.